The van der Waals surface area contributed by atoms with Gasteiger partial charge in [0.25, 0.3) is 0 Å². The number of hydrogen-bond donors (Lipinski definition) is 1. The Hall–Kier alpha value is -0.940. The van der Waals surface area contributed by atoms with E-state index in [0.29, 0.717) is 16.4 Å². The molecule has 0 aliphatic carbocycles. The van der Waals surface area contributed by atoms with Crippen LogP contribution in [0.5, 0.6) is 0 Å². The third-order valence-corrected chi connectivity index (χ3v) is 3.07. The second kappa shape index (κ2) is 3.67. The highest BCUT2D eigenvalue weighted by Gasteiger charge is 2.08. The molecule has 1 heterocycles. The molecule has 1 aromatic carbocycles. The lowest BCUT2D eigenvalue weighted by molar-refractivity contribution is 0.631. The number of rotatable bonds is 1. The summed E-state index contributed by atoms with van der Waals surface area (Å²) >= 11 is 4.61. The quantitative estimate of drug-likeness (QED) is 0.865. The van der Waals surface area contributed by atoms with E-state index in [2.05, 4.69) is 20.9 Å². The topological polar surface area (TPSA) is 38.9 Å². The molecule has 0 saturated heterocycles. The fourth-order valence-electron chi connectivity index (χ4n) is 1.07. The van der Waals surface area contributed by atoms with Crippen molar-refractivity contribution < 1.29 is 4.39 Å². The van der Waals surface area contributed by atoms with Crippen molar-refractivity contribution in [2.24, 2.45) is 0 Å². The van der Waals surface area contributed by atoms with Crippen LogP contribution in [-0.2, 0) is 0 Å². The smallest absolute Gasteiger partial charge is 0.135 e. The molecular weight excluding hydrogens is 267 g/mol. The van der Waals surface area contributed by atoms with Gasteiger partial charge in [0.05, 0.1) is 0 Å². The van der Waals surface area contributed by atoms with Gasteiger partial charge in [-0.15, -0.1) is 11.3 Å². The maximum absolute atomic E-state index is 13.4. The van der Waals surface area contributed by atoms with E-state index in [0.717, 1.165) is 4.47 Å². The van der Waals surface area contributed by atoms with Gasteiger partial charge in [-0.25, -0.2) is 9.37 Å². The number of benzene rings is 1. The molecule has 0 aliphatic rings. The van der Waals surface area contributed by atoms with E-state index in [-0.39, 0.29) is 5.82 Å². The minimum absolute atomic E-state index is 0.289. The predicted molar refractivity (Wildman–Crippen MR) is 59.6 cm³/mol. The molecule has 72 valence electrons. The zero-order valence-electron chi connectivity index (χ0n) is 7.00. The van der Waals surface area contributed by atoms with E-state index in [1.807, 2.05) is 0 Å². The third-order valence-electron chi connectivity index (χ3n) is 1.68. The van der Waals surface area contributed by atoms with Crippen LogP contribution in [0.3, 0.4) is 0 Å². The minimum atomic E-state index is -0.289. The maximum Gasteiger partial charge on any atom is 0.135 e. The van der Waals surface area contributed by atoms with Gasteiger partial charge >= 0.3 is 0 Å². The van der Waals surface area contributed by atoms with Crippen molar-refractivity contribution >= 4 is 33.1 Å². The summed E-state index contributed by atoms with van der Waals surface area (Å²) in [6.07, 6.45) is 0. The molecule has 2 N–H and O–H groups in total. The highest BCUT2D eigenvalue weighted by Crippen LogP contribution is 2.29. The summed E-state index contributed by atoms with van der Waals surface area (Å²) in [6.45, 7) is 0. The van der Waals surface area contributed by atoms with Crippen LogP contribution >= 0.6 is 27.3 Å². The molecule has 0 amide bonds. The third kappa shape index (κ3) is 1.78. The Morgan fingerprint density at radius 3 is 2.86 bits per heavy atom. The summed E-state index contributed by atoms with van der Waals surface area (Å²) in [7, 11) is 0. The molecule has 0 aliphatic heterocycles. The van der Waals surface area contributed by atoms with E-state index in [1.165, 1.54) is 17.4 Å². The van der Waals surface area contributed by atoms with Crippen LogP contribution in [0.1, 0.15) is 0 Å². The molecule has 0 atom stereocenters. The first-order valence-electron chi connectivity index (χ1n) is 3.83. The summed E-state index contributed by atoms with van der Waals surface area (Å²) in [5.41, 5.74) is 5.94. The first-order valence-corrected chi connectivity index (χ1v) is 5.50. The van der Waals surface area contributed by atoms with Crippen LogP contribution in [0, 0.1) is 5.82 Å². The van der Waals surface area contributed by atoms with Gasteiger partial charge in [0.15, 0.2) is 0 Å². The maximum atomic E-state index is 13.4. The largest absolute Gasteiger partial charge is 0.383 e. The van der Waals surface area contributed by atoms with Gasteiger partial charge in [0.1, 0.15) is 16.6 Å². The van der Waals surface area contributed by atoms with Crippen molar-refractivity contribution in [3.05, 3.63) is 33.9 Å². The Labute approximate surface area is 92.7 Å². The summed E-state index contributed by atoms with van der Waals surface area (Å²) in [5, 5.41) is 2.29. The first kappa shape index (κ1) is 9.61. The highest BCUT2D eigenvalue weighted by molar-refractivity contribution is 9.10. The Morgan fingerprint density at radius 1 is 1.43 bits per heavy atom. The molecule has 14 heavy (non-hydrogen) atoms. The molecule has 5 heteroatoms. The second-order valence-corrected chi connectivity index (χ2v) is 4.48. The van der Waals surface area contributed by atoms with Gasteiger partial charge in [0.2, 0.25) is 0 Å². The Morgan fingerprint density at radius 2 is 2.21 bits per heavy atom. The zero-order chi connectivity index (χ0) is 10.1. The summed E-state index contributed by atoms with van der Waals surface area (Å²) in [6, 6.07) is 4.74. The average Bonchev–Trinajstić information content (AvgIpc) is 2.56. The van der Waals surface area contributed by atoms with Gasteiger partial charge in [-0.1, -0.05) is 15.9 Å². The lowest BCUT2D eigenvalue weighted by Crippen LogP contribution is -1.86. The Kier molecular flexibility index (Phi) is 2.52. The van der Waals surface area contributed by atoms with Crippen molar-refractivity contribution in [1.82, 2.24) is 4.98 Å². The predicted octanol–water partition coefficient (Wildman–Crippen LogP) is 3.29. The summed E-state index contributed by atoms with van der Waals surface area (Å²) in [5.74, 6) is 0.131. The van der Waals surface area contributed by atoms with Gasteiger partial charge in [-0.05, 0) is 18.2 Å². The molecule has 0 saturated carbocycles. The number of anilines is 1. The first-order chi connectivity index (χ1) is 6.66. The van der Waals surface area contributed by atoms with Crippen LogP contribution in [0.2, 0.25) is 0 Å². The van der Waals surface area contributed by atoms with E-state index >= 15 is 0 Å². The molecule has 2 aromatic rings. The van der Waals surface area contributed by atoms with Crippen LogP contribution < -0.4 is 5.73 Å². The number of thiazole rings is 1. The van der Waals surface area contributed by atoms with Gasteiger partial charge in [-0.2, -0.15) is 0 Å². The number of nitrogens with zero attached hydrogens (tertiary/aromatic N) is 1. The molecule has 2 nitrogen and oxygen atoms in total. The summed E-state index contributed by atoms with van der Waals surface area (Å²) < 4.78 is 14.2. The van der Waals surface area contributed by atoms with Crippen molar-refractivity contribution in [2.75, 3.05) is 5.73 Å². The van der Waals surface area contributed by atoms with E-state index in [9.17, 15) is 4.39 Å². The normalized spacial score (nSPS) is 10.4. The Balaban J connectivity index is 2.55. The molecule has 2 rings (SSSR count). The number of aromatic nitrogens is 1. The molecule has 0 bridgehead atoms. The van der Waals surface area contributed by atoms with E-state index in [1.54, 1.807) is 17.5 Å². The molecule has 1 aromatic heterocycles. The Bertz CT molecular complexity index is 470. The van der Waals surface area contributed by atoms with Crippen LogP contribution in [0.25, 0.3) is 10.6 Å². The van der Waals surface area contributed by atoms with Gasteiger partial charge < -0.3 is 5.73 Å². The van der Waals surface area contributed by atoms with Crippen LogP contribution in [0.4, 0.5) is 10.2 Å². The van der Waals surface area contributed by atoms with Gasteiger partial charge in [-0.3, -0.25) is 0 Å². The van der Waals surface area contributed by atoms with Crippen LogP contribution in [-0.4, -0.2) is 4.98 Å². The highest BCUT2D eigenvalue weighted by atomic mass is 79.9. The fraction of sp³-hybridized carbons (Fsp3) is 0. The van der Waals surface area contributed by atoms with Crippen molar-refractivity contribution in [3.8, 4) is 10.6 Å². The molecular formula is C9H6BrFN2S. The average molecular weight is 273 g/mol. The lowest BCUT2D eigenvalue weighted by atomic mass is 10.2. The van der Waals surface area contributed by atoms with Crippen molar-refractivity contribution in [1.29, 1.82) is 0 Å². The second-order valence-electron chi connectivity index (χ2n) is 2.70. The number of halogens is 2. The monoisotopic (exact) mass is 272 g/mol. The lowest BCUT2D eigenvalue weighted by Gasteiger charge is -1.98. The van der Waals surface area contributed by atoms with Crippen LogP contribution in [0.15, 0.2) is 28.1 Å². The number of hydrogen-bond acceptors (Lipinski definition) is 3. The molecule has 0 spiro atoms. The van der Waals surface area contributed by atoms with Crippen molar-refractivity contribution in [2.45, 2.75) is 0 Å². The molecule has 0 radical (unpaired) electrons. The standard InChI is InChI=1S/C9H6BrFN2S/c10-5-1-2-7(11)6(3-5)9-13-8(12)4-14-9/h1-4H,12H2. The van der Waals surface area contributed by atoms with Gasteiger partial charge in [0, 0.05) is 15.4 Å². The molecule has 0 unspecified atom stereocenters. The van der Waals surface area contributed by atoms with E-state index in [4.69, 9.17) is 5.73 Å². The SMILES string of the molecule is Nc1csc(-c2cc(Br)ccc2F)n1. The minimum Gasteiger partial charge on any atom is -0.383 e. The fourth-order valence-corrected chi connectivity index (χ4v) is 2.16. The summed E-state index contributed by atoms with van der Waals surface area (Å²) in [4.78, 5) is 4.02. The number of nitrogens with two attached hydrogens (primary N) is 1. The zero-order valence-corrected chi connectivity index (χ0v) is 9.40. The van der Waals surface area contributed by atoms with Crippen molar-refractivity contribution in [3.63, 3.8) is 0 Å². The van der Waals surface area contributed by atoms with E-state index < -0.39 is 0 Å². The molecule has 0 fully saturated rings. The number of nitrogen functional groups attached to an aromatic ring is 1.